The molecule has 0 unspecified atom stereocenters. The van der Waals surface area contributed by atoms with Gasteiger partial charge in [-0.15, -0.1) is 11.6 Å². The highest BCUT2D eigenvalue weighted by molar-refractivity contribution is 7.91. The molecule has 3 N–H and O–H groups in total. The maximum absolute atomic E-state index is 11.5. The summed E-state index contributed by atoms with van der Waals surface area (Å²) in [5, 5.41) is 5.53. The minimum Gasteiger partial charge on any atom is -0.357 e. The lowest BCUT2D eigenvalue weighted by Gasteiger charge is -2.17. The Labute approximate surface area is 130 Å². The fourth-order valence-corrected chi connectivity index (χ4v) is 4.91. The molecule has 1 aliphatic rings. The summed E-state index contributed by atoms with van der Waals surface area (Å²) < 4.78 is 23.0. The van der Waals surface area contributed by atoms with Crippen LogP contribution in [0.4, 0.5) is 5.82 Å². The lowest BCUT2D eigenvalue weighted by Crippen LogP contribution is -2.42. The molecule has 112 valence electrons. The third-order valence-corrected chi connectivity index (χ3v) is 5.65. The van der Waals surface area contributed by atoms with Crippen molar-refractivity contribution in [2.45, 2.75) is 11.4 Å². The molecule has 0 spiro atoms. The molecule has 0 aromatic carbocycles. The predicted octanol–water partition coefficient (Wildman–Crippen LogP) is 0.0437. The zero-order chi connectivity index (χ0) is 15.0. The van der Waals surface area contributed by atoms with Gasteiger partial charge in [0.1, 0.15) is 11.8 Å². The van der Waals surface area contributed by atoms with Gasteiger partial charge in [-0.2, -0.15) is 0 Å². The molecule has 21 heavy (non-hydrogen) atoms. The van der Waals surface area contributed by atoms with Crippen LogP contribution >= 0.6 is 23.8 Å². The number of alkyl halides is 1. The molecule has 2 aromatic heterocycles. The fourth-order valence-electron chi connectivity index (χ4n) is 2.11. The summed E-state index contributed by atoms with van der Waals surface area (Å²) in [5.41, 5.74) is 1.12. The molecule has 8 nitrogen and oxygen atoms in total. The van der Waals surface area contributed by atoms with E-state index in [0.29, 0.717) is 17.0 Å². The van der Waals surface area contributed by atoms with Gasteiger partial charge < -0.3 is 15.6 Å². The molecule has 1 aliphatic heterocycles. The van der Waals surface area contributed by atoms with Crippen LogP contribution in [0.3, 0.4) is 0 Å². The molecule has 2 aromatic rings. The van der Waals surface area contributed by atoms with Gasteiger partial charge in [0.2, 0.25) is 0 Å². The molecule has 0 aliphatic carbocycles. The van der Waals surface area contributed by atoms with Gasteiger partial charge in [-0.25, -0.2) is 23.4 Å². The van der Waals surface area contributed by atoms with Crippen molar-refractivity contribution < 1.29 is 8.42 Å². The number of aromatic nitrogens is 4. The Bertz CT molecular complexity index is 792. The van der Waals surface area contributed by atoms with E-state index >= 15 is 0 Å². The Morgan fingerprint density at radius 1 is 1.38 bits per heavy atom. The van der Waals surface area contributed by atoms with Crippen LogP contribution in [0.2, 0.25) is 0 Å². The van der Waals surface area contributed by atoms with E-state index < -0.39 is 21.3 Å². The number of rotatable bonds is 2. The molecule has 3 rings (SSSR count). The summed E-state index contributed by atoms with van der Waals surface area (Å²) in [5.74, 6) is 0.376. The first-order valence-electron chi connectivity index (χ1n) is 6.01. The number of nitrogens with one attached hydrogen (secondary N) is 3. The van der Waals surface area contributed by atoms with Gasteiger partial charge in [0, 0.05) is 0 Å². The second-order valence-electron chi connectivity index (χ2n) is 4.62. The van der Waals surface area contributed by atoms with Crippen molar-refractivity contribution in [3.8, 4) is 0 Å². The molecule has 2 atom stereocenters. The summed E-state index contributed by atoms with van der Waals surface area (Å²) in [7, 11) is -3.11. The van der Waals surface area contributed by atoms with Crippen LogP contribution in [0.5, 0.6) is 0 Å². The quantitative estimate of drug-likeness (QED) is 0.516. The predicted molar refractivity (Wildman–Crippen MR) is 83.1 cm³/mol. The van der Waals surface area contributed by atoms with E-state index in [1.165, 1.54) is 12.7 Å². The Morgan fingerprint density at radius 3 is 2.90 bits per heavy atom. The maximum Gasteiger partial charge on any atom is 0.182 e. The number of anilines is 1. The maximum atomic E-state index is 11.5. The van der Waals surface area contributed by atoms with Crippen molar-refractivity contribution in [3.63, 3.8) is 0 Å². The number of sulfone groups is 1. The van der Waals surface area contributed by atoms with Crippen molar-refractivity contribution >= 4 is 55.8 Å². The third-order valence-electron chi connectivity index (χ3n) is 3.05. The number of imidazole rings is 1. The van der Waals surface area contributed by atoms with Crippen molar-refractivity contribution in [1.82, 2.24) is 25.3 Å². The summed E-state index contributed by atoms with van der Waals surface area (Å²) in [6.45, 7) is 0. The minimum atomic E-state index is -3.11. The van der Waals surface area contributed by atoms with Gasteiger partial charge in [-0.05, 0) is 12.2 Å². The van der Waals surface area contributed by atoms with Crippen LogP contribution in [0.1, 0.15) is 0 Å². The number of halogens is 1. The second kappa shape index (κ2) is 5.35. The average molecular weight is 347 g/mol. The lowest BCUT2D eigenvalue weighted by atomic mass is 10.2. The summed E-state index contributed by atoms with van der Waals surface area (Å²) in [4.78, 5) is 15.0. The van der Waals surface area contributed by atoms with Gasteiger partial charge in [-0.1, -0.05) is 0 Å². The minimum absolute atomic E-state index is 0.0355. The van der Waals surface area contributed by atoms with E-state index in [-0.39, 0.29) is 16.6 Å². The van der Waals surface area contributed by atoms with Gasteiger partial charge in [-0.3, -0.25) is 0 Å². The normalized spacial score (nSPS) is 24.0. The van der Waals surface area contributed by atoms with E-state index in [2.05, 4.69) is 30.6 Å². The highest BCUT2D eigenvalue weighted by atomic mass is 35.5. The van der Waals surface area contributed by atoms with E-state index in [1.54, 1.807) is 0 Å². The number of nitrogens with zero attached hydrogens (tertiary/aromatic N) is 3. The second-order valence-corrected chi connectivity index (χ2v) is 7.74. The Morgan fingerprint density at radius 2 is 2.19 bits per heavy atom. The number of fused-ring (bicyclic) bond motifs is 1. The number of hydrogen-bond donors (Lipinski definition) is 3. The smallest absolute Gasteiger partial charge is 0.182 e. The Balaban J connectivity index is 1.71. The SMILES string of the molecule is O=S1(=O)C[C@H](NC(=S)Nc2ncnc3nc[nH]c23)[C@@H](Cl)C1. The van der Waals surface area contributed by atoms with Crippen molar-refractivity contribution in [1.29, 1.82) is 0 Å². The van der Waals surface area contributed by atoms with Crippen LogP contribution in [0.15, 0.2) is 12.7 Å². The van der Waals surface area contributed by atoms with E-state index in [1.807, 2.05) is 0 Å². The Hall–Kier alpha value is -1.52. The first kappa shape index (κ1) is 14.4. The van der Waals surface area contributed by atoms with Crippen molar-refractivity contribution in [2.24, 2.45) is 0 Å². The van der Waals surface area contributed by atoms with Gasteiger partial charge >= 0.3 is 0 Å². The van der Waals surface area contributed by atoms with Crippen LogP contribution in [-0.2, 0) is 9.84 Å². The summed E-state index contributed by atoms with van der Waals surface area (Å²) >= 11 is 11.2. The van der Waals surface area contributed by atoms with E-state index in [0.717, 1.165) is 0 Å². The molecule has 1 fully saturated rings. The monoisotopic (exact) mass is 346 g/mol. The van der Waals surface area contributed by atoms with E-state index in [4.69, 9.17) is 23.8 Å². The molecule has 0 bridgehead atoms. The summed E-state index contributed by atoms with van der Waals surface area (Å²) in [6, 6.07) is -0.421. The zero-order valence-electron chi connectivity index (χ0n) is 10.6. The molecule has 11 heteroatoms. The number of H-pyrrole nitrogens is 1. The molecular weight excluding hydrogens is 336 g/mol. The van der Waals surface area contributed by atoms with E-state index in [9.17, 15) is 8.42 Å². The van der Waals surface area contributed by atoms with Crippen LogP contribution in [0, 0.1) is 0 Å². The highest BCUT2D eigenvalue weighted by Crippen LogP contribution is 2.19. The standard InChI is InChI=1S/C10H11ClN6O2S2/c11-5-1-21(18,19)2-6(5)16-10(20)17-9-7-8(13-3-12-7)14-4-15-9/h3-6H,1-2H2,(H3,12,13,14,15,16,17,20)/t5-,6-/m0/s1. The molecule has 0 saturated carbocycles. The lowest BCUT2D eigenvalue weighted by molar-refractivity contribution is 0.600. The number of aromatic amines is 1. The van der Waals surface area contributed by atoms with Crippen LogP contribution in [-0.4, -0.2) is 56.4 Å². The highest BCUT2D eigenvalue weighted by Gasteiger charge is 2.36. The zero-order valence-corrected chi connectivity index (χ0v) is 13.0. The summed E-state index contributed by atoms with van der Waals surface area (Å²) in [6.07, 6.45) is 2.86. The first-order valence-corrected chi connectivity index (χ1v) is 8.67. The van der Waals surface area contributed by atoms with Crippen molar-refractivity contribution in [3.05, 3.63) is 12.7 Å². The van der Waals surface area contributed by atoms with Gasteiger partial charge in [0.05, 0.1) is 29.3 Å². The molecule has 0 radical (unpaired) electrons. The Kier molecular flexibility index (Phi) is 3.68. The van der Waals surface area contributed by atoms with Crippen LogP contribution in [0.25, 0.3) is 11.2 Å². The topological polar surface area (TPSA) is 113 Å². The van der Waals surface area contributed by atoms with Gasteiger partial charge in [0.25, 0.3) is 0 Å². The largest absolute Gasteiger partial charge is 0.357 e. The fraction of sp³-hybridized carbons (Fsp3) is 0.400. The van der Waals surface area contributed by atoms with Gasteiger partial charge in [0.15, 0.2) is 26.4 Å². The number of hydrogen-bond acceptors (Lipinski definition) is 6. The van der Waals surface area contributed by atoms with Crippen LogP contribution < -0.4 is 10.6 Å². The third kappa shape index (κ3) is 3.06. The first-order chi connectivity index (χ1) is 9.94. The molecule has 1 saturated heterocycles. The number of thiocarbonyl (C=S) groups is 1. The average Bonchev–Trinajstić information content (AvgIpc) is 2.94. The molecular formula is C10H11ClN6O2S2. The van der Waals surface area contributed by atoms with Crippen molar-refractivity contribution in [2.75, 3.05) is 16.8 Å². The molecule has 0 amide bonds. The molecule has 3 heterocycles.